The lowest BCUT2D eigenvalue weighted by Crippen LogP contribution is -2.34. The van der Waals surface area contributed by atoms with E-state index >= 15 is 0 Å². The molecular weight excluding hydrogens is 438 g/mol. The van der Waals surface area contributed by atoms with Gasteiger partial charge in [-0.15, -0.1) is 0 Å². The molecule has 0 atom stereocenters. The number of amides is 1. The van der Waals surface area contributed by atoms with E-state index in [0.29, 0.717) is 33.8 Å². The van der Waals surface area contributed by atoms with E-state index in [0.717, 1.165) is 37.0 Å². The number of benzene rings is 1. The Labute approximate surface area is 194 Å². The Hall–Kier alpha value is -3.63. The number of anilines is 3. The molecule has 1 aliphatic rings. The second kappa shape index (κ2) is 9.47. The first-order valence-corrected chi connectivity index (χ1v) is 11.5. The molecule has 9 nitrogen and oxygen atoms in total. The third kappa shape index (κ3) is 4.91. The average Bonchev–Trinajstić information content (AvgIpc) is 3.20. The number of nitrogens with zero attached hydrogens (tertiary/aromatic N) is 4. The Morgan fingerprint density at radius 3 is 2.73 bits per heavy atom. The first kappa shape index (κ1) is 21.2. The van der Waals surface area contributed by atoms with Crippen molar-refractivity contribution in [3.05, 3.63) is 59.9 Å². The smallest absolute Gasteiger partial charge is 0.261 e. The van der Waals surface area contributed by atoms with Crippen molar-refractivity contribution in [3.8, 4) is 5.88 Å². The molecule has 33 heavy (non-hydrogen) atoms. The summed E-state index contributed by atoms with van der Waals surface area (Å²) in [6.07, 6.45) is 3.64. The second-order valence-electron chi connectivity index (χ2n) is 7.72. The Kier molecular flexibility index (Phi) is 6.09. The summed E-state index contributed by atoms with van der Waals surface area (Å²) in [5.74, 6) is 1.17. The van der Waals surface area contributed by atoms with Crippen molar-refractivity contribution >= 4 is 45.1 Å². The SMILES string of the molecule is Cc1nsc(Nc2cnc3ccccc3n2)c1C(=O)Nc1cccc(OC2CCNCC2)n1. The minimum Gasteiger partial charge on any atom is -0.474 e. The fourth-order valence-electron chi connectivity index (χ4n) is 3.67. The first-order chi connectivity index (χ1) is 16.2. The maximum absolute atomic E-state index is 13.1. The van der Waals surface area contributed by atoms with Crippen molar-refractivity contribution in [2.75, 3.05) is 23.7 Å². The summed E-state index contributed by atoms with van der Waals surface area (Å²) in [5, 5.41) is 9.96. The highest BCUT2D eigenvalue weighted by molar-refractivity contribution is 7.10. The highest BCUT2D eigenvalue weighted by Crippen LogP contribution is 2.28. The fraction of sp³-hybridized carbons (Fsp3) is 0.261. The molecule has 4 aromatic rings. The maximum Gasteiger partial charge on any atom is 0.261 e. The number of hydrogen-bond donors (Lipinski definition) is 3. The number of nitrogens with one attached hydrogen (secondary N) is 3. The van der Waals surface area contributed by atoms with Crippen molar-refractivity contribution in [3.63, 3.8) is 0 Å². The number of para-hydroxylation sites is 2. The average molecular weight is 462 g/mol. The van der Waals surface area contributed by atoms with Crippen molar-refractivity contribution in [2.45, 2.75) is 25.9 Å². The van der Waals surface area contributed by atoms with Gasteiger partial charge in [0.1, 0.15) is 22.7 Å². The van der Waals surface area contributed by atoms with Crippen LogP contribution < -0.4 is 20.7 Å². The molecule has 0 radical (unpaired) electrons. The lowest BCUT2D eigenvalue weighted by atomic mass is 10.1. The van der Waals surface area contributed by atoms with Gasteiger partial charge >= 0.3 is 0 Å². The number of aromatic nitrogens is 4. The summed E-state index contributed by atoms with van der Waals surface area (Å²) in [5.41, 5.74) is 2.64. The molecule has 0 unspecified atom stereocenters. The van der Waals surface area contributed by atoms with E-state index in [1.807, 2.05) is 30.3 Å². The van der Waals surface area contributed by atoms with Gasteiger partial charge in [-0.1, -0.05) is 18.2 Å². The molecule has 0 aliphatic carbocycles. The molecule has 1 fully saturated rings. The van der Waals surface area contributed by atoms with Gasteiger partial charge in [0.05, 0.1) is 28.5 Å². The van der Waals surface area contributed by atoms with Crippen LogP contribution in [0.4, 0.5) is 16.6 Å². The number of ether oxygens (including phenoxy) is 1. The topological polar surface area (TPSA) is 114 Å². The van der Waals surface area contributed by atoms with Gasteiger partial charge in [-0.05, 0) is 62.6 Å². The Balaban J connectivity index is 1.32. The van der Waals surface area contributed by atoms with Crippen LogP contribution in [0.5, 0.6) is 5.88 Å². The summed E-state index contributed by atoms with van der Waals surface area (Å²) >= 11 is 1.20. The van der Waals surface area contributed by atoms with E-state index in [-0.39, 0.29) is 12.0 Å². The Morgan fingerprint density at radius 1 is 1.06 bits per heavy atom. The highest BCUT2D eigenvalue weighted by Gasteiger charge is 2.20. The van der Waals surface area contributed by atoms with Crippen molar-refractivity contribution < 1.29 is 9.53 Å². The standard InChI is InChI=1S/C23H23N7O2S/c1-14-21(23(33-30-14)29-19-13-25-16-5-2-3-6-17(16)26-19)22(31)28-18-7-4-8-20(27-18)32-15-9-11-24-12-10-15/h2-8,13,15,24H,9-12H2,1H3,(H,26,29)(H,27,28,31). The van der Waals surface area contributed by atoms with E-state index in [1.54, 1.807) is 25.3 Å². The van der Waals surface area contributed by atoms with Crippen LogP contribution in [0.3, 0.4) is 0 Å². The number of pyridine rings is 1. The third-order valence-electron chi connectivity index (χ3n) is 5.32. The molecule has 0 saturated carbocycles. The minimum absolute atomic E-state index is 0.131. The molecule has 4 heterocycles. The van der Waals surface area contributed by atoms with Gasteiger partial charge in [-0.3, -0.25) is 9.78 Å². The van der Waals surface area contributed by atoms with E-state index in [1.165, 1.54) is 11.5 Å². The third-order valence-corrected chi connectivity index (χ3v) is 6.17. The molecule has 5 rings (SSSR count). The number of carbonyl (C=O) groups is 1. The normalized spacial score (nSPS) is 14.2. The first-order valence-electron chi connectivity index (χ1n) is 10.8. The molecule has 1 aromatic carbocycles. The van der Waals surface area contributed by atoms with Crippen LogP contribution in [0.1, 0.15) is 28.9 Å². The molecule has 1 aliphatic heterocycles. The van der Waals surface area contributed by atoms with Gasteiger partial charge in [-0.2, -0.15) is 9.36 Å². The van der Waals surface area contributed by atoms with Gasteiger partial charge in [0.2, 0.25) is 5.88 Å². The second-order valence-corrected chi connectivity index (χ2v) is 8.50. The summed E-state index contributed by atoms with van der Waals surface area (Å²) in [6, 6.07) is 13.0. The Morgan fingerprint density at radius 2 is 1.88 bits per heavy atom. The van der Waals surface area contributed by atoms with Crippen molar-refractivity contribution in [1.82, 2.24) is 24.6 Å². The van der Waals surface area contributed by atoms with Crippen LogP contribution in [-0.4, -0.2) is 44.4 Å². The fourth-order valence-corrected chi connectivity index (χ4v) is 4.47. The molecule has 3 aromatic heterocycles. The molecule has 1 amide bonds. The molecule has 3 N–H and O–H groups in total. The van der Waals surface area contributed by atoms with Gasteiger partial charge in [-0.25, -0.2) is 4.98 Å². The predicted molar refractivity (Wildman–Crippen MR) is 128 cm³/mol. The van der Waals surface area contributed by atoms with Crippen LogP contribution >= 0.6 is 11.5 Å². The highest BCUT2D eigenvalue weighted by atomic mass is 32.1. The number of aryl methyl sites for hydroxylation is 1. The molecule has 168 valence electrons. The largest absolute Gasteiger partial charge is 0.474 e. The lowest BCUT2D eigenvalue weighted by Gasteiger charge is -2.23. The summed E-state index contributed by atoms with van der Waals surface area (Å²) in [4.78, 5) is 26.6. The van der Waals surface area contributed by atoms with Gasteiger partial charge in [0, 0.05) is 6.07 Å². The number of hydrogen-bond acceptors (Lipinski definition) is 9. The predicted octanol–water partition coefficient (Wildman–Crippen LogP) is 3.92. The summed E-state index contributed by atoms with van der Waals surface area (Å²) in [7, 11) is 0. The zero-order valence-electron chi connectivity index (χ0n) is 18.0. The summed E-state index contributed by atoms with van der Waals surface area (Å²) < 4.78 is 10.3. The zero-order chi connectivity index (χ0) is 22.6. The molecule has 1 saturated heterocycles. The van der Waals surface area contributed by atoms with E-state index in [9.17, 15) is 4.79 Å². The van der Waals surface area contributed by atoms with E-state index < -0.39 is 0 Å². The molecule has 0 spiro atoms. The maximum atomic E-state index is 13.1. The molecular formula is C23H23N7O2S. The van der Waals surface area contributed by atoms with Crippen LogP contribution in [0.15, 0.2) is 48.7 Å². The van der Waals surface area contributed by atoms with E-state index in [4.69, 9.17) is 4.74 Å². The molecule has 10 heteroatoms. The molecule has 0 bridgehead atoms. The number of piperidine rings is 1. The van der Waals surface area contributed by atoms with Crippen LogP contribution in [-0.2, 0) is 0 Å². The van der Waals surface area contributed by atoms with E-state index in [2.05, 4.69) is 35.3 Å². The van der Waals surface area contributed by atoms with Crippen molar-refractivity contribution in [1.29, 1.82) is 0 Å². The monoisotopic (exact) mass is 461 g/mol. The Bertz CT molecular complexity index is 1290. The number of carbonyl (C=O) groups excluding carboxylic acids is 1. The number of fused-ring (bicyclic) bond motifs is 1. The van der Waals surface area contributed by atoms with Crippen LogP contribution in [0.25, 0.3) is 11.0 Å². The van der Waals surface area contributed by atoms with Gasteiger partial charge in [0.25, 0.3) is 5.91 Å². The number of rotatable bonds is 6. The lowest BCUT2D eigenvalue weighted by molar-refractivity contribution is 0.102. The van der Waals surface area contributed by atoms with Crippen LogP contribution in [0.2, 0.25) is 0 Å². The van der Waals surface area contributed by atoms with Gasteiger partial charge < -0.3 is 20.7 Å². The quantitative estimate of drug-likeness (QED) is 0.396. The van der Waals surface area contributed by atoms with Crippen LogP contribution in [0, 0.1) is 6.92 Å². The van der Waals surface area contributed by atoms with Crippen molar-refractivity contribution in [2.24, 2.45) is 0 Å². The minimum atomic E-state index is -0.302. The van der Waals surface area contributed by atoms with Gasteiger partial charge in [0.15, 0.2) is 0 Å². The zero-order valence-corrected chi connectivity index (χ0v) is 18.9. The summed E-state index contributed by atoms with van der Waals surface area (Å²) in [6.45, 7) is 3.67.